The van der Waals surface area contributed by atoms with E-state index in [9.17, 15) is 4.57 Å². The largest absolute Gasteiger partial charge is 0.494 e. The van der Waals surface area contributed by atoms with E-state index in [1.54, 1.807) is 18.4 Å². The van der Waals surface area contributed by atoms with Crippen LogP contribution in [-0.4, -0.2) is 83.6 Å². The van der Waals surface area contributed by atoms with Crippen LogP contribution in [0.15, 0.2) is 66.6 Å². The molecule has 1 saturated carbocycles. The minimum absolute atomic E-state index is 0.411. The molecule has 0 atom stereocenters. The number of aromatic nitrogens is 6. The molecule has 2 N–H and O–H groups in total. The van der Waals surface area contributed by atoms with Gasteiger partial charge in [-0.1, -0.05) is 12.9 Å². The van der Waals surface area contributed by atoms with Gasteiger partial charge in [-0.15, -0.1) is 11.3 Å². The summed E-state index contributed by atoms with van der Waals surface area (Å²) in [5, 5.41) is 16.3. The Morgan fingerprint density at radius 1 is 0.962 bits per heavy atom. The van der Waals surface area contributed by atoms with E-state index in [1.165, 1.54) is 12.8 Å². The van der Waals surface area contributed by atoms with Gasteiger partial charge in [0.1, 0.15) is 18.7 Å². The molecule has 1 aliphatic heterocycles. The number of thiazole rings is 1. The number of ether oxygens (including phenoxy) is 1. The Bertz CT molecular complexity index is 2300. The van der Waals surface area contributed by atoms with Crippen molar-refractivity contribution in [2.75, 3.05) is 67.1 Å². The number of piperazine rings is 1. The molecule has 52 heavy (non-hydrogen) atoms. The first-order valence-electron chi connectivity index (χ1n) is 17.7. The highest BCUT2D eigenvalue weighted by Crippen LogP contribution is 2.44. The first-order valence-corrected chi connectivity index (χ1v) is 21.2. The lowest BCUT2D eigenvalue weighted by Crippen LogP contribution is -2.46. The molecule has 2 aliphatic rings. The van der Waals surface area contributed by atoms with Crippen LogP contribution in [0.4, 0.5) is 34.0 Å². The van der Waals surface area contributed by atoms with Crippen molar-refractivity contribution in [1.29, 1.82) is 0 Å². The lowest BCUT2D eigenvalue weighted by Gasteiger charge is -2.37. The zero-order valence-electron chi connectivity index (χ0n) is 30.1. The fraction of sp³-hybridized carbons (Fsp3) is 0.324. The van der Waals surface area contributed by atoms with Crippen molar-refractivity contribution in [3.05, 3.63) is 72.3 Å². The van der Waals surface area contributed by atoms with Crippen LogP contribution in [0.3, 0.4) is 0 Å². The van der Waals surface area contributed by atoms with E-state index < -0.39 is 7.14 Å². The number of fused-ring (bicyclic) bond motifs is 1. The molecule has 266 valence electrons. The number of methoxy groups -OCH3 is 1. The zero-order valence-corrected chi connectivity index (χ0v) is 31.8. The Labute approximate surface area is 308 Å². The summed E-state index contributed by atoms with van der Waals surface area (Å²) in [7, 11) is 1.60. The van der Waals surface area contributed by atoms with Crippen LogP contribution in [0.1, 0.15) is 24.5 Å². The average Bonchev–Trinajstić information content (AvgIpc) is 3.66. The molecule has 0 amide bonds. The van der Waals surface area contributed by atoms with E-state index in [2.05, 4.69) is 61.6 Å². The van der Waals surface area contributed by atoms with Gasteiger partial charge in [-0.05, 0) is 55.9 Å². The number of rotatable bonds is 11. The molecule has 5 heterocycles. The van der Waals surface area contributed by atoms with E-state index in [0.717, 1.165) is 86.9 Å². The van der Waals surface area contributed by atoms with Gasteiger partial charge in [0, 0.05) is 102 Å². The molecule has 2 aromatic carbocycles. The number of anilines is 6. The third-order valence-corrected chi connectivity index (χ3v) is 12.2. The second kappa shape index (κ2) is 13.9. The summed E-state index contributed by atoms with van der Waals surface area (Å²) in [4.78, 5) is 23.9. The summed E-state index contributed by atoms with van der Waals surface area (Å²) >= 11 is 1.67. The standard InChI is InChI=1S/C37H42BN10O2PS/c1-38-27-21-40-36(45-35(27)43-30-11-10-29-25(34(30)51(4,5)49)8-9-28(42-29)23-6-7-23)44-31-18-26(24-20-41-46(2)22-24)32(19-33(31)50-3)47-13-15-48(16-14-47)37-39-12-17-52-37/h8-12,17-23,38H,6-7,13-16H2,1-5H3,(H2,40,43,44,45). The summed E-state index contributed by atoms with van der Waals surface area (Å²) in [5.41, 5.74) is 7.53. The number of nitrogens with one attached hydrogen (secondary N) is 2. The van der Waals surface area contributed by atoms with Crippen molar-refractivity contribution in [2.24, 2.45) is 7.05 Å². The first kappa shape index (κ1) is 34.2. The van der Waals surface area contributed by atoms with Gasteiger partial charge in [0.2, 0.25) is 5.95 Å². The van der Waals surface area contributed by atoms with E-state index in [1.807, 2.05) is 67.4 Å². The number of nitrogens with zero attached hydrogens (tertiary/aromatic N) is 8. The van der Waals surface area contributed by atoms with Gasteiger partial charge in [0.15, 0.2) is 12.4 Å². The molecule has 6 aromatic rings. The van der Waals surface area contributed by atoms with E-state index in [-0.39, 0.29) is 0 Å². The molecule has 0 unspecified atom stereocenters. The van der Waals surface area contributed by atoms with E-state index in [4.69, 9.17) is 19.7 Å². The van der Waals surface area contributed by atoms with Crippen LogP contribution in [-0.2, 0) is 11.6 Å². The molecule has 8 rings (SSSR count). The minimum atomic E-state index is -2.72. The summed E-state index contributed by atoms with van der Waals surface area (Å²) in [6, 6.07) is 12.4. The highest BCUT2D eigenvalue weighted by Gasteiger charge is 2.28. The second-order valence-corrected chi connectivity index (χ2v) is 17.8. The van der Waals surface area contributed by atoms with Crippen molar-refractivity contribution in [3.63, 3.8) is 0 Å². The van der Waals surface area contributed by atoms with Crippen LogP contribution in [0.25, 0.3) is 22.0 Å². The topological polar surface area (TPSA) is 126 Å². The van der Waals surface area contributed by atoms with Crippen molar-refractivity contribution < 1.29 is 9.30 Å². The SMILES string of the molecule is CBc1cnc(Nc2cc(-c3cnn(C)c3)c(N3CCN(c4nccs4)CC3)cc2OC)nc1Nc1ccc2nc(C3CC3)ccc2c1P(C)(C)=O. The van der Waals surface area contributed by atoms with Gasteiger partial charge >= 0.3 is 0 Å². The molecule has 12 nitrogen and oxygen atoms in total. The maximum atomic E-state index is 13.8. The Morgan fingerprint density at radius 2 is 1.77 bits per heavy atom. The molecule has 0 radical (unpaired) electrons. The van der Waals surface area contributed by atoms with Gasteiger partial charge in [-0.3, -0.25) is 9.67 Å². The summed E-state index contributed by atoms with van der Waals surface area (Å²) in [6.07, 6.45) is 9.98. The fourth-order valence-corrected chi connectivity index (χ4v) is 9.15. The smallest absolute Gasteiger partial charge is 0.229 e. The zero-order chi connectivity index (χ0) is 36.0. The monoisotopic (exact) mass is 732 g/mol. The van der Waals surface area contributed by atoms with Gasteiger partial charge in [-0.25, -0.2) is 9.97 Å². The Morgan fingerprint density at radius 3 is 2.44 bits per heavy atom. The van der Waals surface area contributed by atoms with Crippen molar-refractivity contribution >= 4 is 81.4 Å². The van der Waals surface area contributed by atoms with Gasteiger partial charge in [0.25, 0.3) is 0 Å². The molecular weight excluding hydrogens is 690 g/mol. The normalized spacial score (nSPS) is 14.9. The number of hydrogen-bond acceptors (Lipinski definition) is 12. The average molecular weight is 733 g/mol. The summed E-state index contributed by atoms with van der Waals surface area (Å²) in [5.74, 6) is 2.28. The quantitative estimate of drug-likeness (QED) is 0.122. The number of benzene rings is 2. The summed E-state index contributed by atoms with van der Waals surface area (Å²) < 4.78 is 21.6. The van der Waals surface area contributed by atoms with Crippen LogP contribution in [0.2, 0.25) is 6.82 Å². The predicted molar refractivity (Wildman–Crippen MR) is 216 cm³/mol. The fourth-order valence-electron chi connectivity index (χ4n) is 6.97. The highest BCUT2D eigenvalue weighted by atomic mass is 32.1. The Balaban J connectivity index is 1.13. The molecule has 1 saturated heterocycles. The van der Waals surface area contributed by atoms with Crippen molar-refractivity contribution in [1.82, 2.24) is 29.7 Å². The minimum Gasteiger partial charge on any atom is -0.494 e. The Kier molecular flexibility index (Phi) is 9.13. The maximum absolute atomic E-state index is 13.8. The van der Waals surface area contributed by atoms with Crippen molar-refractivity contribution in [2.45, 2.75) is 25.6 Å². The lowest BCUT2D eigenvalue weighted by atomic mass is 9.74. The van der Waals surface area contributed by atoms with E-state index >= 15 is 0 Å². The lowest BCUT2D eigenvalue weighted by molar-refractivity contribution is 0.416. The summed E-state index contributed by atoms with van der Waals surface area (Å²) in [6.45, 7) is 9.13. The number of hydrogen-bond donors (Lipinski definition) is 2. The molecule has 1 aliphatic carbocycles. The molecule has 0 spiro atoms. The van der Waals surface area contributed by atoms with Crippen LogP contribution >= 0.6 is 18.5 Å². The molecule has 0 bridgehead atoms. The number of pyridine rings is 1. The molecule has 2 fully saturated rings. The first-order chi connectivity index (χ1) is 25.2. The van der Waals surface area contributed by atoms with Gasteiger partial charge < -0.3 is 29.7 Å². The van der Waals surface area contributed by atoms with Crippen LogP contribution in [0, 0.1) is 0 Å². The van der Waals surface area contributed by atoms with Gasteiger partial charge in [-0.2, -0.15) is 10.1 Å². The predicted octanol–water partition coefficient (Wildman–Crippen LogP) is 5.94. The highest BCUT2D eigenvalue weighted by molar-refractivity contribution is 7.71. The van der Waals surface area contributed by atoms with Crippen LogP contribution in [0.5, 0.6) is 5.75 Å². The van der Waals surface area contributed by atoms with Crippen molar-refractivity contribution in [3.8, 4) is 16.9 Å². The molecule has 15 heteroatoms. The third-order valence-electron chi connectivity index (χ3n) is 9.79. The number of aryl methyl sites for hydroxylation is 1. The maximum Gasteiger partial charge on any atom is 0.229 e. The van der Waals surface area contributed by atoms with Gasteiger partial charge in [0.05, 0.1) is 30.2 Å². The third kappa shape index (κ3) is 6.84. The molecular formula is C37H42BN10O2PS. The molecule has 4 aromatic heterocycles. The Hall–Kier alpha value is -4.94. The van der Waals surface area contributed by atoms with Crippen LogP contribution < -0.4 is 35.9 Å². The van der Waals surface area contributed by atoms with E-state index in [0.29, 0.717) is 30.7 Å². The second-order valence-electron chi connectivity index (χ2n) is 13.8.